The van der Waals surface area contributed by atoms with Crippen LogP contribution in [0.4, 0.5) is 0 Å². The van der Waals surface area contributed by atoms with Gasteiger partial charge in [-0.2, -0.15) is 0 Å². The fourth-order valence-electron chi connectivity index (χ4n) is 3.68. The van der Waals surface area contributed by atoms with E-state index in [-0.39, 0.29) is 35.5 Å². The fourth-order valence-corrected chi connectivity index (χ4v) is 3.68. The molecule has 2 fully saturated rings. The molecule has 3 atom stereocenters. The summed E-state index contributed by atoms with van der Waals surface area (Å²) in [6.45, 7) is 8.93. The lowest BCUT2D eigenvalue weighted by atomic mass is 9.59. The van der Waals surface area contributed by atoms with Gasteiger partial charge in [-0.3, -0.25) is 0 Å². The minimum absolute atomic E-state index is 0. The number of nitrogens with two attached hydrogens (primary N) is 1. The second-order valence-corrected chi connectivity index (χ2v) is 6.03. The lowest BCUT2D eigenvalue weighted by Gasteiger charge is -2.53. The first-order chi connectivity index (χ1) is 9.57. The molecule has 2 N–H and O–H groups in total. The summed E-state index contributed by atoms with van der Waals surface area (Å²) in [5.41, 5.74) is 6.38. The summed E-state index contributed by atoms with van der Waals surface area (Å²) >= 11 is 0. The van der Waals surface area contributed by atoms with Gasteiger partial charge >= 0.3 is 0 Å². The van der Waals surface area contributed by atoms with Gasteiger partial charge in [0.15, 0.2) is 5.96 Å². The van der Waals surface area contributed by atoms with Gasteiger partial charge in [0.1, 0.15) is 0 Å². The van der Waals surface area contributed by atoms with Gasteiger partial charge in [0, 0.05) is 25.6 Å². The van der Waals surface area contributed by atoms with Crippen LogP contribution in [-0.4, -0.2) is 55.9 Å². The minimum Gasteiger partial charge on any atom is -0.381 e. The van der Waals surface area contributed by atoms with E-state index < -0.39 is 0 Å². The zero-order chi connectivity index (χ0) is 14.8. The standard InChI is InChI=1S/C15H29N3O2.HI/c1-5-15(6-2)12(9-13(15)19-4)17-14(16)18-7-8-20-11(3)10-18;/h11-13H,5-10H2,1-4H3,(H2,16,17);1H. The molecule has 6 heteroatoms. The largest absolute Gasteiger partial charge is 0.381 e. The van der Waals surface area contributed by atoms with E-state index in [1.54, 1.807) is 7.11 Å². The van der Waals surface area contributed by atoms with Crippen LogP contribution in [0.1, 0.15) is 40.0 Å². The number of hydrogen-bond acceptors (Lipinski definition) is 3. The Hall–Kier alpha value is -0.0800. The predicted molar refractivity (Wildman–Crippen MR) is 96.2 cm³/mol. The molecule has 1 saturated carbocycles. The molecule has 0 aromatic rings. The number of rotatable bonds is 4. The molecule has 0 bridgehead atoms. The number of nitrogens with zero attached hydrogens (tertiary/aromatic N) is 2. The number of aliphatic imine (C=N–C) groups is 1. The van der Waals surface area contributed by atoms with Gasteiger partial charge in [-0.15, -0.1) is 24.0 Å². The van der Waals surface area contributed by atoms with Crippen molar-refractivity contribution in [1.82, 2.24) is 4.90 Å². The maximum Gasteiger partial charge on any atom is 0.191 e. The van der Waals surface area contributed by atoms with E-state index in [0.717, 1.165) is 39.0 Å². The average Bonchev–Trinajstić information content (AvgIpc) is 2.44. The van der Waals surface area contributed by atoms with Crippen molar-refractivity contribution in [3.05, 3.63) is 0 Å². The monoisotopic (exact) mass is 411 g/mol. The minimum atomic E-state index is 0. The second-order valence-electron chi connectivity index (χ2n) is 6.03. The lowest BCUT2D eigenvalue weighted by Crippen LogP contribution is -2.58. The number of morpholine rings is 1. The van der Waals surface area contributed by atoms with E-state index in [1.807, 2.05) is 0 Å². The first-order valence-electron chi connectivity index (χ1n) is 7.80. The molecule has 1 saturated heterocycles. The van der Waals surface area contributed by atoms with Crippen molar-refractivity contribution in [3.63, 3.8) is 0 Å². The smallest absolute Gasteiger partial charge is 0.191 e. The zero-order valence-electron chi connectivity index (χ0n) is 13.7. The molecule has 0 aromatic heterocycles. The van der Waals surface area contributed by atoms with Crippen LogP contribution in [-0.2, 0) is 9.47 Å². The maximum absolute atomic E-state index is 6.22. The fraction of sp³-hybridized carbons (Fsp3) is 0.933. The Morgan fingerprint density at radius 1 is 1.43 bits per heavy atom. The molecule has 0 aromatic carbocycles. The molecule has 2 aliphatic rings. The normalized spacial score (nSPS) is 32.3. The van der Waals surface area contributed by atoms with E-state index >= 15 is 0 Å². The maximum atomic E-state index is 6.22. The van der Waals surface area contributed by atoms with Crippen LogP contribution in [0.5, 0.6) is 0 Å². The Kier molecular flexibility index (Phi) is 7.19. The third-order valence-electron chi connectivity index (χ3n) is 5.20. The Bertz CT molecular complexity index is 361. The summed E-state index contributed by atoms with van der Waals surface area (Å²) in [7, 11) is 1.80. The molecule has 3 unspecified atom stereocenters. The highest BCUT2D eigenvalue weighted by atomic mass is 127. The van der Waals surface area contributed by atoms with Gasteiger partial charge in [0.25, 0.3) is 0 Å². The molecule has 0 amide bonds. The van der Waals surface area contributed by atoms with Gasteiger partial charge < -0.3 is 20.1 Å². The van der Waals surface area contributed by atoms with Crippen molar-refractivity contribution in [2.75, 3.05) is 26.8 Å². The average molecular weight is 411 g/mol. The Morgan fingerprint density at radius 2 is 2.10 bits per heavy atom. The van der Waals surface area contributed by atoms with Crippen LogP contribution in [0.3, 0.4) is 0 Å². The zero-order valence-corrected chi connectivity index (χ0v) is 16.0. The van der Waals surface area contributed by atoms with Gasteiger partial charge in [-0.1, -0.05) is 13.8 Å². The van der Waals surface area contributed by atoms with Gasteiger partial charge in [-0.05, 0) is 26.2 Å². The molecular formula is C15H30IN3O2. The van der Waals surface area contributed by atoms with E-state index in [4.69, 9.17) is 20.2 Å². The van der Waals surface area contributed by atoms with Gasteiger partial charge in [-0.25, -0.2) is 4.99 Å². The Labute approximate surface area is 145 Å². The van der Waals surface area contributed by atoms with E-state index in [9.17, 15) is 0 Å². The number of halogens is 1. The van der Waals surface area contributed by atoms with Crippen molar-refractivity contribution in [2.24, 2.45) is 16.1 Å². The summed E-state index contributed by atoms with van der Waals surface area (Å²) in [5.74, 6) is 0.672. The quantitative estimate of drug-likeness (QED) is 0.438. The van der Waals surface area contributed by atoms with Crippen LogP contribution in [0, 0.1) is 5.41 Å². The summed E-state index contributed by atoms with van der Waals surface area (Å²) in [6, 6.07) is 0.292. The van der Waals surface area contributed by atoms with Crippen LogP contribution in [0.25, 0.3) is 0 Å². The molecular weight excluding hydrogens is 381 g/mol. The molecule has 21 heavy (non-hydrogen) atoms. The van der Waals surface area contributed by atoms with Crippen LogP contribution < -0.4 is 5.73 Å². The SMILES string of the molecule is CCC1(CC)C(N=C(N)N2CCOC(C)C2)CC1OC.I. The topological polar surface area (TPSA) is 60.1 Å². The molecule has 0 radical (unpaired) electrons. The van der Waals surface area contributed by atoms with Crippen molar-refractivity contribution >= 4 is 29.9 Å². The molecule has 2 rings (SSSR count). The van der Waals surface area contributed by atoms with Gasteiger partial charge in [0.05, 0.1) is 24.9 Å². The first kappa shape index (κ1) is 19.0. The Morgan fingerprint density at radius 3 is 2.62 bits per heavy atom. The highest BCUT2D eigenvalue weighted by Crippen LogP contribution is 2.50. The third kappa shape index (κ3) is 3.64. The van der Waals surface area contributed by atoms with Crippen molar-refractivity contribution in [3.8, 4) is 0 Å². The predicted octanol–water partition coefficient (Wildman–Crippen LogP) is 2.23. The molecule has 1 aliphatic heterocycles. The Balaban J connectivity index is 0.00000220. The summed E-state index contributed by atoms with van der Waals surface area (Å²) in [4.78, 5) is 6.96. The van der Waals surface area contributed by atoms with E-state index in [2.05, 4.69) is 25.7 Å². The summed E-state index contributed by atoms with van der Waals surface area (Å²) in [6.07, 6.45) is 3.71. The molecule has 1 heterocycles. The molecule has 1 aliphatic carbocycles. The number of guanidine groups is 1. The molecule has 124 valence electrons. The first-order valence-corrected chi connectivity index (χ1v) is 7.80. The summed E-state index contributed by atoms with van der Waals surface area (Å²) < 4.78 is 11.2. The van der Waals surface area contributed by atoms with Crippen LogP contribution >= 0.6 is 24.0 Å². The van der Waals surface area contributed by atoms with Crippen molar-refractivity contribution in [1.29, 1.82) is 0 Å². The lowest BCUT2D eigenvalue weighted by molar-refractivity contribution is -0.112. The summed E-state index contributed by atoms with van der Waals surface area (Å²) in [5, 5.41) is 0. The van der Waals surface area contributed by atoms with Gasteiger partial charge in [0.2, 0.25) is 0 Å². The van der Waals surface area contributed by atoms with Crippen molar-refractivity contribution in [2.45, 2.75) is 58.3 Å². The highest BCUT2D eigenvalue weighted by Gasteiger charge is 2.53. The second kappa shape index (κ2) is 7.97. The number of methoxy groups -OCH3 is 1. The number of ether oxygens (including phenoxy) is 2. The van der Waals surface area contributed by atoms with Crippen LogP contribution in [0.15, 0.2) is 4.99 Å². The van der Waals surface area contributed by atoms with Crippen molar-refractivity contribution < 1.29 is 9.47 Å². The van der Waals surface area contributed by atoms with E-state index in [0.29, 0.717) is 18.1 Å². The third-order valence-corrected chi connectivity index (χ3v) is 5.20. The van der Waals surface area contributed by atoms with E-state index in [1.165, 1.54) is 0 Å². The highest BCUT2D eigenvalue weighted by molar-refractivity contribution is 14.0. The molecule has 0 spiro atoms. The number of hydrogen-bond donors (Lipinski definition) is 1. The molecule has 5 nitrogen and oxygen atoms in total. The van der Waals surface area contributed by atoms with Crippen LogP contribution in [0.2, 0.25) is 0 Å².